The number of nitrogens with zero attached hydrogens (tertiary/aromatic N) is 3. The smallest absolute Gasteiger partial charge is 0.295 e. The van der Waals surface area contributed by atoms with Gasteiger partial charge in [0, 0.05) is 18.2 Å². The second kappa shape index (κ2) is 9.21. The fourth-order valence-corrected chi connectivity index (χ4v) is 3.28. The Kier molecular flexibility index (Phi) is 6.03. The summed E-state index contributed by atoms with van der Waals surface area (Å²) in [5.74, 6) is 1.12. The van der Waals surface area contributed by atoms with E-state index in [-0.39, 0.29) is 5.82 Å². The number of benzene rings is 2. The topological polar surface area (TPSA) is 92.8 Å². The van der Waals surface area contributed by atoms with Gasteiger partial charge in [-0.1, -0.05) is 36.4 Å². The molecular formula is C24H23N5O2. The van der Waals surface area contributed by atoms with Crippen molar-refractivity contribution in [2.24, 2.45) is 0 Å². The first kappa shape index (κ1) is 20.3. The van der Waals surface area contributed by atoms with E-state index in [0.29, 0.717) is 24.5 Å². The standard InChI is InChI=1S/C24H23N5O2/c1-3-31-20-10-9-16(2)21(13-20)18-12-19(15-25-14-18)26-24(30)23-27-22(28-29-23)11-17-7-5-4-6-8-17/h4-10,12-15H,3,11H2,1-2H3,(H,26,30)(H,27,28,29). The van der Waals surface area contributed by atoms with Gasteiger partial charge in [-0.05, 0) is 48.7 Å². The number of nitrogens with one attached hydrogen (secondary N) is 2. The fourth-order valence-electron chi connectivity index (χ4n) is 3.28. The maximum Gasteiger partial charge on any atom is 0.295 e. The van der Waals surface area contributed by atoms with E-state index >= 15 is 0 Å². The number of aryl methyl sites for hydroxylation is 1. The van der Waals surface area contributed by atoms with Gasteiger partial charge in [-0.2, -0.15) is 0 Å². The van der Waals surface area contributed by atoms with Crippen molar-refractivity contribution in [2.75, 3.05) is 11.9 Å². The summed E-state index contributed by atoms with van der Waals surface area (Å²) < 4.78 is 5.61. The average Bonchev–Trinajstić information content (AvgIpc) is 3.25. The molecule has 0 radical (unpaired) electrons. The number of H-pyrrole nitrogens is 1. The summed E-state index contributed by atoms with van der Waals surface area (Å²) in [6.07, 6.45) is 3.94. The lowest BCUT2D eigenvalue weighted by Crippen LogP contribution is -2.14. The number of carbonyl (C=O) groups is 1. The summed E-state index contributed by atoms with van der Waals surface area (Å²) in [6, 6.07) is 17.7. The molecule has 31 heavy (non-hydrogen) atoms. The first-order valence-corrected chi connectivity index (χ1v) is 10.1. The van der Waals surface area contributed by atoms with E-state index in [4.69, 9.17) is 4.74 Å². The fraction of sp³-hybridized carbons (Fsp3) is 0.167. The van der Waals surface area contributed by atoms with Crippen LogP contribution >= 0.6 is 0 Å². The molecule has 2 heterocycles. The van der Waals surface area contributed by atoms with E-state index in [1.807, 2.05) is 68.4 Å². The lowest BCUT2D eigenvalue weighted by atomic mass is 10.0. The molecule has 2 aromatic heterocycles. The van der Waals surface area contributed by atoms with Crippen LogP contribution in [-0.4, -0.2) is 32.7 Å². The number of rotatable bonds is 7. The predicted octanol–water partition coefficient (Wildman–Crippen LogP) is 4.42. The van der Waals surface area contributed by atoms with Crippen LogP contribution in [0.25, 0.3) is 11.1 Å². The number of aromatic amines is 1. The monoisotopic (exact) mass is 413 g/mol. The van der Waals surface area contributed by atoms with Crippen molar-refractivity contribution in [2.45, 2.75) is 20.3 Å². The molecule has 0 fully saturated rings. The lowest BCUT2D eigenvalue weighted by molar-refractivity contribution is 0.101. The van der Waals surface area contributed by atoms with Gasteiger partial charge in [0.05, 0.1) is 18.5 Å². The van der Waals surface area contributed by atoms with E-state index < -0.39 is 5.91 Å². The molecule has 0 spiro atoms. The van der Waals surface area contributed by atoms with Gasteiger partial charge in [0.25, 0.3) is 5.91 Å². The summed E-state index contributed by atoms with van der Waals surface area (Å²) >= 11 is 0. The maximum atomic E-state index is 12.6. The molecule has 156 valence electrons. The minimum absolute atomic E-state index is 0.0888. The highest BCUT2D eigenvalue weighted by molar-refractivity contribution is 6.01. The van der Waals surface area contributed by atoms with Gasteiger partial charge in [0.1, 0.15) is 11.6 Å². The van der Waals surface area contributed by atoms with Crippen LogP contribution in [0.4, 0.5) is 5.69 Å². The highest BCUT2D eigenvalue weighted by Gasteiger charge is 2.14. The second-order valence-electron chi connectivity index (χ2n) is 7.09. The zero-order valence-corrected chi connectivity index (χ0v) is 17.4. The molecule has 1 amide bonds. The SMILES string of the molecule is CCOc1ccc(C)c(-c2cncc(NC(=O)c3n[nH]c(Cc4ccccc4)n3)c2)c1. The third-order valence-corrected chi connectivity index (χ3v) is 4.78. The van der Waals surface area contributed by atoms with Gasteiger partial charge in [-0.15, -0.1) is 5.10 Å². The number of amides is 1. The van der Waals surface area contributed by atoms with Crippen molar-refractivity contribution in [3.8, 4) is 16.9 Å². The number of pyridine rings is 1. The minimum atomic E-state index is -0.394. The van der Waals surface area contributed by atoms with Gasteiger partial charge >= 0.3 is 0 Å². The summed E-state index contributed by atoms with van der Waals surface area (Å²) in [5.41, 5.74) is 4.63. The van der Waals surface area contributed by atoms with Crippen molar-refractivity contribution in [1.29, 1.82) is 0 Å². The van der Waals surface area contributed by atoms with Gasteiger partial charge in [-0.25, -0.2) is 4.98 Å². The van der Waals surface area contributed by atoms with Crippen LogP contribution in [0, 0.1) is 6.92 Å². The van der Waals surface area contributed by atoms with Crippen molar-refractivity contribution in [3.63, 3.8) is 0 Å². The molecule has 0 atom stereocenters. The molecule has 2 aromatic carbocycles. The van der Waals surface area contributed by atoms with E-state index in [9.17, 15) is 4.79 Å². The Hall–Kier alpha value is -4.00. The highest BCUT2D eigenvalue weighted by atomic mass is 16.5. The van der Waals surface area contributed by atoms with Crippen LogP contribution in [0.1, 0.15) is 34.5 Å². The number of aromatic nitrogens is 4. The average molecular weight is 413 g/mol. The van der Waals surface area contributed by atoms with Crippen LogP contribution < -0.4 is 10.1 Å². The third-order valence-electron chi connectivity index (χ3n) is 4.78. The van der Waals surface area contributed by atoms with E-state index in [1.165, 1.54) is 0 Å². The van der Waals surface area contributed by atoms with Crippen LogP contribution in [0.5, 0.6) is 5.75 Å². The number of hydrogen-bond acceptors (Lipinski definition) is 5. The number of carbonyl (C=O) groups excluding carboxylic acids is 1. The van der Waals surface area contributed by atoms with E-state index in [0.717, 1.165) is 28.0 Å². The molecule has 0 saturated heterocycles. The number of hydrogen-bond donors (Lipinski definition) is 2. The molecule has 7 heteroatoms. The van der Waals surface area contributed by atoms with E-state index in [1.54, 1.807) is 12.4 Å². The molecule has 0 aliphatic heterocycles. The van der Waals surface area contributed by atoms with Crippen molar-refractivity contribution >= 4 is 11.6 Å². The summed E-state index contributed by atoms with van der Waals surface area (Å²) in [5, 5.41) is 9.71. The molecule has 4 aromatic rings. The largest absolute Gasteiger partial charge is 0.494 e. The maximum absolute atomic E-state index is 12.6. The molecular weight excluding hydrogens is 390 g/mol. The molecule has 4 rings (SSSR count). The Labute approximate surface area is 180 Å². The molecule has 0 aliphatic rings. The predicted molar refractivity (Wildman–Crippen MR) is 119 cm³/mol. The van der Waals surface area contributed by atoms with Crippen LogP contribution in [0.2, 0.25) is 0 Å². The minimum Gasteiger partial charge on any atom is -0.494 e. The number of ether oxygens (including phenoxy) is 1. The first-order valence-electron chi connectivity index (χ1n) is 10.1. The Balaban J connectivity index is 1.49. The van der Waals surface area contributed by atoms with Crippen LogP contribution in [0.3, 0.4) is 0 Å². The molecule has 0 aliphatic carbocycles. The molecule has 0 bridgehead atoms. The lowest BCUT2D eigenvalue weighted by Gasteiger charge is -2.11. The zero-order chi connectivity index (χ0) is 21.6. The first-order chi connectivity index (χ1) is 15.1. The Morgan fingerprint density at radius 1 is 1.10 bits per heavy atom. The van der Waals surface area contributed by atoms with Crippen molar-refractivity contribution in [1.82, 2.24) is 20.2 Å². The zero-order valence-electron chi connectivity index (χ0n) is 17.4. The quantitative estimate of drug-likeness (QED) is 0.468. The molecule has 2 N–H and O–H groups in total. The van der Waals surface area contributed by atoms with Gasteiger partial charge < -0.3 is 10.1 Å². The Morgan fingerprint density at radius 2 is 1.94 bits per heavy atom. The van der Waals surface area contributed by atoms with Crippen molar-refractivity contribution < 1.29 is 9.53 Å². The second-order valence-corrected chi connectivity index (χ2v) is 7.09. The van der Waals surface area contributed by atoms with Gasteiger partial charge in [0.2, 0.25) is 5.82 Å². The van der Waals surface area contributed by atoms with Gasteiger partial charge in [-0.3, -0.25) is 14.9 Å². The highest BCUT2D eigenvalue weighted by Crippen LogP contribution is 2.29. The van der Waals surface area contributed by atoms with Crippen LogP contribution in [-0.2, 0) is 6.42 Å². The molecule has 0 unspecified atom stereocenters. The van der Waals surface area contributed by atoms with Gasteiger partial charge in [0.15, 0.2) is 0 Å². The summed E-state index contributed by atoms with van der Waals surface area (Å²) in [7, 11) is 0. The van der Waals surface area contributed by atoms with Crippen LogP contribution in [0.15, 0.2) is 67.0 Å². The summed E-state index contributed by atoms with van der Waals surface area (Å²) in [4.78, 5) is 21.2. The third kappa shape index (κ3) is 4.95. The molecule has 0 saturated carbocycles. The van der Waals surface area contributed by atoms with E-state index in [2.05, 4.69) is 25.5 Å². The summed E-state index contributed by atoms with van der Waals surface area (Å²) in [6.45, 7) is 4.57. The number of anilines is 1. The Bertz CT molecular complexity index is 1190. The normalized spacial score (nSPS) is 10.6. The van der Waals surface area contributed by atoms with Crippen molar-refractivity contribution in [3.05, 3.63) is 89.8 Å². The molecule has 7 nitrogen and oxygen atoms in total. The Morgan fingerprint density at radius 3 is 2.74 bits per heavy atom.